The summed E-state index contributed by atoms with van der Waals surface area (Å²) in [5.74, 6) is 0.180. The fourth-order valence-corrected chi connectivity index (χ4v) is 4.32. The van der Waals surface area contributed by atoms with Crippen LogP contribution < -0.4 is 5.32 Å². The van der Waals surface area contributed by atoms with Gasteiger partial charge in [0.2, 0.25) is 5.91 Å². The van der Waals surface area contributed by atoms with Crippen LogP contribution in [0, 0.1) is 0 Å². The lowest BCUT2D eigenvalue weighted by Gasteiger charge is -2.24. The van der Waals surface area contributed by atoms with Crippen LogP contribution in [0.15, 0.2) is 29.2 Å². The third kappa shape index (κ3) is 4.90. The summed E-state index contributed by atoms with van der Waals surface area (Å²) in [6.07, 6.45) is 0.358. The lowest BCUT2D eigenvalue weighted by Crippen LogP contribution is -2.35. The van der Waals surface area contributed by atoms with E-state index in [1.165, 1.54) is 23.1 Å². The summed E-state index contributed by atoms with van der Waals surface area (Å²) in [6.45, 7) is 3.20. The van der Waals surface area contributed by atoms with Crippen LogP contribution in [0.4, 0.5) is 9.93 Å². The number of hydrogen-bond donors (Lipinski definition) is 1. The number of rotatable bonds is 5. The van der Waals surface area contributed by atoms with E-state index in [1.54, 1.807) is 24.0 Å². The molecule has 2 aromatic rings. The van der Waals surface area contributed by atoms with Crippen molar-refractivity contribution in [2.45, 2.75) is 24.8 Å². The van der Waals surface area contributed by atoms with Crippen molar-refractivity contribution in [3.05, 3.63) is 39.9 Å². The average Bonchev–Trinajstić information content (AvgIpc) is 3.02. The second-order valence-corrected chi connectivity index (χ2v) is 8.12. The molecule has 26 heavy (non-hydrogen) atoms. The number of amides is 2. The monoisotopic (exact) mass is 411 g/mol. The van der Waals surface area contributed by atoms with E-state index in [1.807, 2.05) is 12.1 Å². The minimum absolute atomic E-state index is 0.113. The van der Waals surface area contributed by atoms with Gasteiger partial charge in [-0.2, -0.15) is 0 Å². The highest BCUT2D eigenvalue weighted by atomic mass is 35.5. The van der Waals surface area contributed by atoms with E-state index in [0.717, 1.165) is 15.5 Å². The van der Waals surface area contributed by atoms with Crippen molar-refractivity contribution in [3.63, 3.8) is 0 Å². The third-order valence-electron chi connectivity index (χ3n) is 3.69. The van der Waals surface area contributed by atoms with Crippen LogP contribution in [0.1, 0.15) is 17.5 Å². The van der Waals surface area contributed by atoms with Crippen LogP contribution in [-0.4, -0.2) is 40.8 Å². The summed E-state index contributed by atoms with van der Waals surface area (Å²) in [4.78, 5) is 32.1. The Morgan fingerprint density at radius 2 is 2.15 bits per heavy atom. The molecular weight excluding hydrogens is 394 g/mol. The first-order valence-corrected chi connectivity index (χ1v) is 10.3. The number of ether oxygens (including phenoxy) is 1. The number of thioether (sulfide) groups is 1. The Labute approximate surface area is 164 Å². The van der Waals surface area contributed by atoms with E-state index in [-0.39, 0.29) is 12.0 Å². The zero-order chi connectivity index (χ0) is 18.5. The summed E-state index contributed by atoms with van der Waals surface area (Å²) < 4.78 is 5.04. The van der Waals surface area contributed by atoms with Crippen LogP contribution in [0.2, 0.25) is 5.02 Å². The Morgan fingerprint density at radius 3 is 2.88 bits per heavy atom. The van der Waals surface area contributed by atoms with Gasteiger partial charge in [0.15, 0.2) is 5.13 Å². The summed E-state index contributed by atoms with van der Waals surface area (Å²) in [5.41, 5.74) is 0.941. The molecule has 0 atom stereocenters. The quantitative estimate of drug-likeness (QED) is 0.751. The second-order valence-electron chi connectivity index (χ2n) is 5.55. The van der Waals surface area contributed by atoms with Crippen molar-refractivity contribution in [2.24, 2.45) is 0 Å². The molecule has 1 aromatic carbocycles. The van der Waals surface area contributed by atoms with Crippen molar-refractivity contribution in [1.29, 1.82) is 0 Å². The minimum atomic E-state index is -0.309. The van der Waals surface area contributed by atoms with Gasteiger partial charge in [-0.25, -0.2) is 9.78 Å². The molecule has 1 aromatic heterocycles. The summed E-state index contributed by atoms with van der Waals surface area (Å²) in [5, 5.41) is 4.08. The number of anilines is 1. The van der Waals surface area contributed by atoms with Gasteiger partial charge in [-0.3, -0.25) is 4.79 Å². The highest BCUT2D eigenvalue weighted by Crippen LogP contribution is 2.29. The number of nitrogens with zero attached hydrogens (tertiary/aromatic N) is 2. The minimum Gasteiger partial charge on any atom is -0.450 e. The normalized spacial score (nSPS) is 13.2. The fourth-order valence-electron chi connectivity index (χ4n) is 2.45. The molecule has 138 valence electrons. The second kappa shape index (κ2) is 8.75. The molecule has 0 fully saturated rings. The van der Waals surface area contributed by atoms with E-state index in [9.17, 15) is 9.59 Å². The molecule has 0 spiro atoms. The van der Waals surface area contributed by atoms with Crippen molar-refractivity contribution in [3.8, 4) is 0 Å². The number of carbonyl (C=O) groups excluding carboxylic acids is 2. The molecule has 0 aliphatic carbocycles. The van der Waals surface area contributed by atoms with Gasteiger partial charge in [0.25, 0.3) is 0 Å². The molecule has 2 amide bonds. The Hall–Kier alpha value is -1.77. The molecular formula is C17H18ClN3O3S2. The van der Waals surface area contributed by atoms with Crippen LogP contribution in [0.3, 0.4) is 0 Å². The maximum atomic E-state index is 12.1. The van der Waals surface area contributed by atoms with Crippen molar-refractivity contribution in [2.75, 3.05) is 24.2 Å². The highest BCUT2D eigenvalue weighted by molar-refractivity contribution is 8.00. The fraction of sp³-hybridized carbons (Fsp3) is 0.353. The van der Waals surface area contributed by atoms with Crippen LogP contribution in [-0.2, 0) is 22.5 Å². The molecule has 1 aliphatic heterocycles. The molecule has 1 N–H and O–H groups in total. The molecule has 0 unspecified atom stereocenters. The van der Waals surface area contributed by atoms with E-state index >= 15 is 0 Å². The van der Waals surface area contributed by atoms with Gasteiger partial charge < -0.3 is 15.0 Å². The van der Waals surface area contributed by atoms with Crippen molar-refractivity contribution >= 4 is 51.8 Å². The molecule has 6 nitrogen and oxygen atoms in total. The van der Waals surface area contributed by atoms with E-state index < -0.39 is 0 Å². The molecule has 9 heteroatoms. The lowest BCUT2D eigenvalue weighted by molar-refractivity contribution is -0.113. The predicted molar refractivity (Wildman–Crippen MR) is 104 cm³/mol. The summed E-state index contributed by atoms with van der Waals surface area (Å²) >= 11 is 8.70. The van der Waals surface area contributed by atoms with Crippen LogP contribution >= 0.6 is 34.7 Å². The molecule has 0 bridgehead atoms. The average molecular weight is 412 g/mol. The van der Waals surface area contributed by atoms with Gasteiger partial charge in [-0.15, -0.1) is 11.8 Å². The first kappa shape index (κ1) is 19.0. The maximum Gasteiger partial charge on any atom is 0.410 e. The number of aromatic nitrogens is 1. The maximum absolute atomic E-state index is 12.1. The Morgan fingerprint density at radius 1 is 1.38 bits per heavy atom. The van der Waals surface area contributed by atoms with Gasteiger partial charge in [0.05, 0.1) is 24.6 Å². The zero-order valence-corrected chi connectivity index (χ0v) is 16.5. The van der Waals surface area contributed by atoms with E-state index in [4.69, 9.17) is 16.3 Å². The highest BCUT2D eigenvalue weighted by Gasteiger charge is 2.25. The van der Waals surface area contributed by atoms with E-state index in [0.29, 0.717) is 42.0 Å². The summed E-state index contributed by atoms with van der Waals surface area (Å²) in [7, 11) is 0. The Bertz CT molecular complexity index is 795. The van der Waals surface area contributed by atoms with Crippen LogP contribution in [0.5, 0.6) is 0 Å². The lowest BCUT2D eigenvalue weighted by atomic mass is 10.2. The number of carbonyl (C=O) groups is 2. The molecule has 0 radical (unpaired) electrons. The largest absolute Gasteiger partial charge is 0.450 e. The molecule has 0 saturated carbocycles. The molecule has 0 saturated heterocycles. The Balaban J connectivity index is 1.54. The van der Waals surface area contributed by atoms with E-state index in [2.05, 4.69) is 10.3 Å². The van der Waals surface area contributed by atoms with Crippen LogP contribution in [0.25, 0.3) is 0 Å². The number of fused-ring (bicyclic) bond motifs is 1. The summed E-state index contributed by atoms with van der Waals surface area (Å²) in [6, 6.07) is 7.36. The molecule has 1 aliphatic rings. The van der Waals surface area contributed by atoms with Gasteiger partial charge in [0.1, 0.15) is 0 Å². The van der Waals surface area contributed by atoms with Gasteiger partial charge in [-0.1, -0.05) is 22.9 Å². The standard InChI is InChI=1S/C17H18ClN3O3S2/c1-2-24-17(23)21-8-7-13-14(9-21)26-16(19-13)20-15(22)10-25-12-5-3-11(18)4-6-12/h3-6H,2,7-10H2,1H3,(H,19,20,22). The first-order valence-electron chi connectivity index (χ1n) is 8.13. The van der Waals surface area contributed by atoms with Gasteiger partial charge >= 0.3 is 6.09 Å². The van der Waals surface area contributed by atoms with Crippen molar-refractivity contribution < 1.29 is 14.3 Å². The molecule has 3 rings (SSSR count). The number of benzene rings is 1. The number of halogens is 1. The SMILES string of the molecule is CCOC(=O)N1CCc2nc(NC(=O)CSc3ccc(Cl)cc3)sc2C1. The molecule has 2 heterocycles. The van der Waals surface area contributed by atoms with Gasteiger partial charge in [0, 0.05) is 27.8 Å². The zero-order valence-electron chi connectivity index (χ0n) is 14.2. The Kier molecular flexibility index (Phi) is 6.39. The van der Waals surface area contributed by atoms with Crippen molar-refractivity contribution in [1.82, 2.24) is 9.88 Å². The number of hydrogen-bond acceptors (Lipinski definition) is 6. The topological polar surface area (TPSA) is 71.5 Å². The third-order valence-corrected chi connectivity index (χ3v) is 5.95. The number of thiazole rings is 1. The predicted octanol–water partition coefficient (Wildman–Crippen LogP) is 4.04. The number of nitrogens with one attached hydrogen (secondary N) is 1. The van der Waals surface area contributed by atoms with Gasteiger partial charge in [-0.05, 0) is 31.2 Å². The first-order chi connectivity index (χ1) is 12.5. The smallest absolute Gasteiger partial charge is 0.410 e.